The van der Waals surface area contributed by atoms with Gasteiger partial charge in [0.1, 0.15) is 11.5 Å². The highest BCUT2D eigenvalue weighted by atomic mass is 16.5. The molecule has 2 heteroatoms. The summed E-state index contributed by atoms with van der Waals surface area (Å²) in [5.41, 5.74) is 1.12. The van der Waals surface area contributed by atoms with Gasteiger partial charge in [0.2, 0.25) is 0 Å². The van der Waals surface area contributed by atoms with Crippen LogP contribution in [0.5, 0.6) is 5.75 Å². The molecule has 0 saturated carbocycles. The molecule has 14 heavy (non-hydrogen) atoms. The molecule has 0 heterocycles. The molecule has 0 aliphatic carbocycles. The fraction of sp³-hybridized carbons (Fsp3) is 0.417. The maximum atomic E-state index is 10.8. The van der Waals surface area contributed by atoms with Crippen molar-refractivity contribution >= 4 is 5.78 Å². The van der Waals surface area contributed by atoms with E-state index in [1.807, 2.05) is 31.2 Å². The van der Waals surface area contributed by atoms with E-state index in [9.17, 15) is 4.79 Å². The molecule has 0 aliphatic rings. The van der Waals surface area contributed by atoms with Crippen molar-refractivity contribution in [3.8, 4) is 5.75 Å². The van der Waals surface area contributed by atoms with Gasteiger partial charge in [0.25, 0.3) is 0 Å². The highest BCUT2D eigenvalue weighted by molar-refractivity contribution is 5.75. The molecule has 1 rings (SSSR count). The number of rotatable bonds is 5. The van der Waals surface area contributed by atoms with Crippen LogP contribution in [0, 0.1) is 0 Å². The summed E-state index contributed by atoms with van der Waals surface area (Å²) in [5.74, 6) is 1.12. The van der Waals surface area contributed by atoms with Crippen LogP contribution in [0.2, 0.25) is 0 Å². The monoisotopic (exact) mass is 192 g/mol. The van der Waals surface area contributed by atoms with Crippen LogP contribution in [0.25, 0.3) is 0 Å². The maximum Gasteiger partial charge on any atom is 0.130 e. The number of aryl methyl sites for hydroxylation is 1. The lowest BCUT2D eigenvalue weighted by atomic mass is 10.1. The standard InChI is InChI=1S/C12H16O2/c1-3-14-12-7-5-4-6-11(12)9-8-10(2)13/h4-7H,3,8-9H2,1-2H3. The third kappa shape index (κ3) is 3.21. The molecule has 0 fully saturated rings. The molecule has 0 radical (unpaired) electrons. The Hall–Kier alpha value is -1.31. The minimum Gasteiger partial charge on any atom is -0.494 e. The zero-order valence-corrected chi connectivity index (χ0v) is 8.75. The Morgan fingerprint density at radius 3 is 2.71 bits per heavy atom. The van der Waals surface area contributed by atoms with Crippen LogP contribution in [-0.4, -0.2) is 12.4 Å². The third-order valence-corrected chi connectivity index (χ3v) is 2.02. The summed E-state index contributed by atoms with van der Waals surface area (Å²) in [7, 11) is 0. The van der Waals surface area contributed by atoms with Crippen LogP contribution in [0.15, 0.2) is 24.3 Å². The number of carbonyl (C=O) groups is 1. The average molecular weight is 192 g/mol. The summed E-state index contributed by atoms with van der Waals surface area (Å²) >= 11 is 0. The maximum absolute atomic E-state index is 10.8. The largest absolute Gasteiger partial charge is 0.494 e. The Labute approximate surface area is 84.9 Å². The summed E-state index contributed by atoms with van der Waals surface area (Å²) < 4.78 is 5.46. The van der Waals surface area contributed by atoms with Crippen LogP contribution >= 0.6 is 0 Å². The van der Waals surface area contributed by atoms with Gasteiger partial charge >= 0.3 is 0 Å². The zero-order chi connectivity index (χ0) is 10.4. The smallest absolute Gasteiger partial charge is 0.130 e. The van der Waals surface area contributed by atoms with Gasteiger partial charge in [-0.2, -0.15) is 0 Å². The normalized spacial score (nSPS) is 9.86. The molecule has 0 N–H and O–H groups in total. The number of Topliss-reactive ketones (excluding diaryl/α,β-unsaturated/α-hetero) is 1. The van der Waals surface area contributed by atoms with Crippen molar-refractivity contribution in [1.82, 2.24) is 0 Å². The van der Waals surface area contributed by atoms with Crippen molar-refractivity contribution in [2.45, 2.75) is 26.7 Å². The van der Waals surface area contributed by atoms with Crippen LogP contribution in [-0.2, 0) is 11.2 Å². The fourth-order valence-electron chi connectivity index (χ4n) is 1.32. The van der Waals surface area contributed by atoms with Gasteiger partial charge in [0, 0.05) is 6.42 Å². The molecular weight excluding hydrogens is 176 g/mol. The molecule has 0 bridgehead atoms. The minimum absolute atomic E-state index is 0.219. The van der Waals surface area contributed by atoms with Crippen LogP contribution < -0.4 is 4.74 Å². The molecule has 76 valence electrons. The molecule has 1 aromatic rings. The quantitative estimate of drug-likeness (QED) is 0.716. The Bertz CT molecular complexity index is 305. The molecule has 0 aliphatic heterocycles. The number of benzene rings is 1. The van der Waals surface area contributed by atoms with E-state index in [-0.39, 0.29) is 5.78 Å². The van der Waals surface area contributed by atoms with Gasteiger partial charge in [-0.05, 0) is 31.9 Å². The van der Waals surface area contributed by atoms with E-state index in [0.29, 0.717) is 13.0 Å². The van der Waals surface area contributed by atoms with E-state index in [2.05, 4.69) is 0 Å². The summed E-state index contributed by atoms with van der Waals surface area (Å²) in [5, 5.41) is 0. The first-order chi connectivity index (χ1) is 6.74. The van der Waals surface area contributed by atoms with Crippen LogP contribution in [0.1, 0.15) is 25.8 Å². The summed E-state index contributed by atoms with van der Waals surface area (Å²) in [6.45, 7) is 4.24. The lowest BCUT2D eigenvalue weighted by molar-refractivity contribution is -0.116. The Morgan fingerprint density at radius 2 is 2.07 bits per heavy atom. The summed E-state index contributed by atoms with van der Waals surface area (Å²) in [4.78, 5) is 10.8. The van der Waals surface area contributed by atoms with Crippen LogP contribution in [0.4, 0.5) is 0 Å². The molecule has 0 unspecified atom stereocenters. The second-order valence-electron chi connectivity index (χ2n) is 3.24. The van der Waals surface area contributed by atoms with Crippen molar-refractivity contribution in [3.63, 3.8) is 0 Å². The highest BCUT2D eigenvalue weighted by Crippen LogP contribution is 2.19. The SMILES string of the molecule is CCOc1ccccc1CCC(C)=O. The molecule has 0 saturated heterocycles. The number of hydrogen-bond donors (Lipinski definition) is 0. The van der Waals surface area contributed by atoms with Gasteiger partial charge in [0.15, 0.2) is 0 Å². The molecule has 0 atom stereocenters. The van der Waals surface area contributed by atoms with Crippen molar-refractivity contribution in [2.75, 3.05) is 6.61 Å². The molecule has 0 spiro atoms. The molecular formula is C12H16O2. The average Bonchev–Trinajstić information content (AvgIpc) is 2.17. The summed E-state index contributed by atoms with van der Waals surface area (Å²) in [6.07, 6.45) is 1.36. The Morgan fingerprint density at radius 1 is 1.36 bits per heavy atom. The van der Waals surface area contributed by atoms with Crippen molar-refractivity contribution < 1.29 is 9.53 Å². The van der Waals surface area contributed by atoms with E-state index in [4.69, 9.17) is 4.74 Å². The predicted octanol–water partition coefficient (Wildman–Crippen LogP) is 2.61. The number of carbonyl (C=O) groups excluding carboxylic acids is 1. The fourth-order valence-corrected chi connectivity index (χ4v) is 1.32. The van der Waals surface area contributed by atoms with Gasteiger partial charge in [-0.25, -0.2) is 0 Å². The van der Waals surface area contributed by atoms with Gasteiger partial charge in [-0.15, -0.1) is 0 Å². The number of ether oxygens (including phenoxy) is 1. The third-order valence-electron chi connectivity index (χ3n) is 2.02. The lowest BCUT2D eigenvalue weighted by Gasteiger charge is -2.08. The zero-order valence-electron chi connectivity index (χ0n) is 8.75. The molecule has 2 nitrogen and oxygen atoms in total. The first kappa shape index (κ1) is 10.8. The van der Waals surface area contributed by atoms with E-state index >= 15 is 0 Å². The minimum atomic E-state index is 0.219. The van der Waals surface area contributed by atoms with Crippen LogP contribution in [0.3, 0.4) is 0 Å². The predicted molar refractivity (Wildman–Crippen MR) is 56.6 cm³/mol. The van der Waals surface area contributed by atoms with E-state index in [1.54, 1.807) is 6.92 Å². The van der Waals surface area contributed by atoms with Gasteiger partial charge in [-0.3, -0.25) is 0 Å². The van der Waals surface area contributed by atoms with E-state index in [1.165, 1.54) is 0 Å². The lowest BCUT2D eigenvalue weighted by Crippen LogP contribution is -1.99. The molecule has 0 aromatic heterocycles. The first-order valence-electron chi connectivity index (χ1n) is 4.94. The molecule has 1 aromatic carbocycles. The van der Waals surface area contributed by atoms with Crippen molar-refractivity contribution in [1.29, 1.82) is 0 Å². The number of hydrogen-bond acceptors (Lipinski definition) is 2. The topological polar surface area (TPSA) is 26.3 Å². The van der Waals surface area contributed by atoms with E-state index in [0.717, 1.165) is 17.7 Å². The Kier molecular flexibility index (Phi) is 4.17. The van der Waals surface area contributed by atoms with Gasteiger partial charge < -0.3 is 9.53 Å². The number of para-hydroxylation sites is 1. The summed E-state index contributed by atoms with van der Waals surface area (Å²) in [6, 6.07) is 7.87. The van der Waals surface area contributed by atoms with E-state index < -0.39 is 0 Å². The first-order valence-corrected chi connectivity index (χ1v) is 4.94. The van der Waals surface area contributed by atoms with Crippen molar-refractivity contribution in [3.05, 3.63) is 29.8 Å². The van der Waals surface area contributed by atoms with Crippen molar-refractivity contribution in [2.24, 2.45) is 0 Å². The second kappa shape index (κ2) is 5.43. The van der Waals surface area contributed by atoms with Gasteiger partial charge in [-0.1, -0.05) is 18.2 Å². The van der Waals surface area contributed by atoms with Gasteiger partial charge in [0.05, 0.1) is 6.61 Å². The molecule has 0 amide bonds. The highest BCUT2D eigenvalue weighted by Gasteiger charge is 2.03. The number of ketones is 1. The Balaban J connectivity index is 2.68. The second-order valence-corrected chi connectivity index (χ2v) is 3.24.